The first-order valence-corrected chi connectivity index (χ1v) is 6.03. The number of rotatable bonds is 5. The van der Waals surface area contributed by atoms with Crippen molar-refractivity contribution in [3.05, 3.63) is 59.7 Å². The molecule has 0 atom stereocenters. The molecule has 0 amide bonds. The number of benzene rings is 2. The van der Waals surface area contributed by atoms with Gasteiger partial charge in [-0.15, -0.1) is 0 Å². The molecule has 0 radical (unpaired) electrons. The molecule has 0 aromatic heterocycles. The molecule has 3 N–H and O–H groups in total. The first-order valence-electron chi connectivity index (χ1n) is 6.03. The third-order valence-corrected chi connectivity index (χ3v) is 3.07. The van der Waals surface area contributed by atoms with Crippen molar-refractivity contribution in [2.24, 2.45) is 5.84 Å². The maximum atomic E-state index is 5.72. The molecule has 0 spiro atoms. The second-order valence-electron chi connectivity index (χ2n) is 4.08. The van der Waals surface area contributed by atoms with Crippen molar-refractivity contribution >= 4 is 0 Å². The lowest BCUT2D eigenvalue weighted by Gasteiger charge is -2.21. The second kappa shape index (κ2) is 6.22. The van der Waals surface area contributed by atoms with Gasteiger partial charge in [-0.3, -0.25) is 5.84 Å². The first-order chi connectivity index (χ1) is 9.31. The van der Waals surface area contributed by atoms with Gasteiger partial charge >= 0.3 is 0 Å². The fourth-order valence-electron chi connectivity index (χ4n) is 2.16. The highest BCUT2D eigenvalue weighted by atomic mass is 16.5. The lowest BCUT2D eigenvalue weighted by Crippen LogP contribution is -2.29. The Kier molecular flexibility index (Phi) is 4.39. The van der Waals surface area contributed by atoms with E-state index in [1.807, 2.05) is 48.5 Å². The van der Waals surface area contributed by atoms with Crippen LogP contribution in [0.5, 0.6) is 11.5 Å². The summed E-state index contributed by atoms with van der Waals surface area (Å²) in [4.78, 5) is 0. The van der Waals surface area contributed by atoms with Gasteiger partial charge in [-0.05, 0) is 12.1 Å². The molecular formula is C15H18N2O2. The lowest BCUT2D eigenvalue weighted by molar-refractivity contribution is 0.394. The summed E-state index contributed by atoms with van der Waals surface area (Å²) in [6, 6.07) is 15.4. The molecule has 0 bridgehead atoms. The monoisotopic (exact) mass is 258 g/mol. The fourth-order valence-corrected chi connectivity index (χ4v) is 2.16. The highest BCUT2D eigenvalue weighted by molar-refractivity contribution is 5.46. The van der Waals surface area contributed by atoms with Gasteiger partial charge in [0.1, 0.15) is 11.5 Å². The Morgan fingerprint density at radius 3 is 1.63 bits per heavy atom. The second-order valence-corrected chi connectivity index (χ2v) is 4.08. The van der Waals surface area contributed by atoms with E-state index >= 15 is 0 Å². The van der Waals surface area contributed by atoms with Crippen LogP contribution in [0.25, 0.3) is 0 Å². The molecule has 0 aliphatic heterocycles. The fraction of sp³-hybridized carbons (Fsp3) is 0.200. The number of hydrogen-bond donors (Lipinski definition) is 2. The number of ether oxygens (including phenoxy) is 2. The van der Waals surface area contributed by atoms with Crippen molar-refractivity contribution < 1.29 is 9.47 Å². The van der Waals surface area contributed by atoms with Crippen LogP contribution in [0.15, 0.2) is 48.5 Å². The Morgan fingerprint density at radius 1 is 0.842 bits per heavy atom. The zero-order valence-electron chi connectivity index (χ0n) is 11.1. The predicted molar refractivity (Wildman–Crippen MR) is 75.2 cm³/mol. The summed E-state index contributed by atoms with van der Waals surface area (Å²) in [7, 11) is 3.29. The number of para-hydroxylation sites is 2. The van der Waals surface area contributed by atoms with E-state index in [1.54, 1.807) is 14.2 Å². The van der Waals surface area contributed by atoms with Gasteiger partial charge in [0, 0.05) is 11.1 Å². The quantitative estimate of drug-likeness (QED) is 0.638. The Labute approximate surface area is 113 Å². The maximum Gasteiger partial charge on any atom is 0.124 e. The highest BCUT2D eigenvalue weighted by Crippen LogP contribution is 2.33. The maximum absolute atomic E-state index is 5.72. The van der Waals surface area contributed by atoms with Crippen LogP contribution in [0.1, 0.15) is 17.2 Å². The molecule has 100 valence electrons. The summed E-state index contributed by atoms with van der Waals surface area (Å²) in [6.07, 6.45) is 0. The van der Waals surface area contributed by atoms with E-state index in [9.17, 15) is 0 Å². The van der Waals surface area contributed by atoms with E-state index in [2.05, 4.69) is 5.43 Å². The summed E-state index contributed by atoms with van der Waals surface area (Å²) < 4.78 is 10.8. The van der Waals surface area contributed by atoms with Crippen LogP contribution in [-0.2, 0) is 0 Å². The van der Waals surface area contributed by atoms with Crippen LogP contribution < -0.4 is 20.7 Å². The summed E-state index contributed by atoms with van der Waals surface area (Å²) in [5, 5.41) is 0. The van der Waals surface area contributed by atoms with Crippen LogP contribution in [-0.4, -0.2) is 14.2 Å². The van der Waals surface area contributed by atoms with Crippen LogP contribution in [0, 0.1) is 0 Å². The molecule has 0 heterocycles. The van der Waals surface area contributed by atoms with Crippen molar-refractivity contribution in [3.8, 4) is 11.5 Å². The molecular weight excluding hydrogens is 240 g/mol. The van der Waals surface area contributed by atoms with Crippen molar-refractivity contribution in [1.82, 2.24) is 5.43 Å². The number of hydrazine groups is 1. The Hall–Kier alpha value is -2.04. The average molecular weight is 258 g/mol. The van der Waals surface area contributed by atoms with Gasteiger partial charge < -0.3 is 9.47 Å². The van der Waals surface area contributed by atoms with Crippen molar-refractivity contribution in [2.75, 3.05) is 14.2 Å². The van der Waals surface area contributed by atoms with E-state index in [0.29, 0.717) is 0 Å². The molecule has 2 aromatic rings. The highest BCUT2D eigenvalue weighted by Gasteiger charge is 2.19. The van der Waals surface area contributed by atoms with Gasteiger partial charge in [0.2, 0.25) is 0 Å². The van der Waals surface area contributed by atoms with Crippen molar-refractivity contribution in [3.63, 3.8) is 0 Å². The third kappa shape index (κ3) is 2.70. The SMILES string of the molecule is COc1ccccc1C(NN)c1ccccc1OC. The zero-order chi connectivity index (χ0) is 13.7. The Balaban J connectivity index is 2.50. The molecule has 0 saturated carbocycles. The van der Waals surface area contributed by atoms with E-state index in [1.165, 1.54) is 0 Å². The molecule has 0 saturated heterocycles. The topological polar surface area (TPSA) is 56.5 Å². The van der Waals surface area contributed by atoms with Crippen LogP contribution in [0.3, 0.4) is 0 Å². The lowest BCUT2D eigenvalue weighted by atomic mass is 9.97. The molecule has 2 rings (SSSR count). The van der Waals surface area contributed by atoms with Gasteiger partial charge in [-0.1, -0.05) is 36.4 Å². The summed E-state index contributed by atoms with van der Waals surface area (Å²) >= 11 is 0. The molecule has 0 unspecified atom stereocenters. The molecule has 19 heavy (non-hydrogen) atoms. The Morgan fingerprint density at radius 2 is 1.26 bits per heavy atom. The normalized spacial score (nSPS) is 10.5. The van der Waals surface area contributed by atoms with E-state index in [0.717, 1.165) is 22.6 Å². The van der Waals surface area contributed by atoms with Gasteiger partial charge in [-0.25, -0.2) is 5.43 Å². The minimum absolute atomic E-state index is 0.188. The minimum Gasteiger partial charge on any atom is -0.496 e. The molecule has 0 aliphatic carbocycles. The number of hydrogen-bond acceptors (Lipinski definition) is 4. The van der Waals surface area contributed by atoms with Crippen LogP contribution >= 0.6 is 0 Å². The van der Waals surface area contributed by atoms with Crippen molar-refractivity contribution in [2.45, 2.75) is 6.04 Å². The smallest absolute Gasteiger partial charge is 0.124 e. The Bertz CT molecular complexity index is 496. The number of nitrogens with one attached hydrogen (secondary N) is 1. The third-order valence-electron chi connectivity index (χ3n) is 3.07. The van der Waals surface area contributed by atoms with Crippen molar-refractivity contribution in [1.29, 1.82) is 0 Å². The standard InChI is InChI=1S/C15H18N2O2/c1-18-13-9-5-3-7-11(13)15(17-16)12-8-4-6-10-14(12)19-2/h3-10,15,17H,16H2,1-2H3. The molecule has 2 aromatic carbocycles. The number of methoxy groups -OCH3 is 2. The van der Waals surface area contributed by atoms with Crippen LogP contribution in [0.2, 0.25) is 0 Å². The molecule has 4 heteroatoms. The molecule has 4 nitrogen and oxygen atoms in total. The van der Waals surface area contributed by atoms with Crippen LogP contribution in [0.4, 0.5) is 0 Å². The van der Waals surface area contributed by atoms with E-state index in [4.69, 9.17) is 15.3 Å². The van der Waals surface area contributed by atoms with Gasteiger partial charge in [0.05, 0.1) is 20.3 Å². The largest absolute Gasteiger partial charge is 0.496 e. The van der Waals surface area contributed by atoms with E-state index < -0.39 is 0 Å². The molecule has 0 fully saturated rings. The average Bonchev–Trinajstić information content (AvgIpc) is 2.49. The van der Waals surface area contributed by atoms with Gasteiger partial charge in [0.25, 0.3) is 0 Å². The zero-order valence-corrected chi connectivity index (χ0v) is 11.1. The summed E-state index contributed by atoms with van der Waals surface area (Å²) in [5.74, 6) is 7.30. The first kappa shape index (κ1) is 13.4. The summed E-state index contributed by atoms with van der Waals surface area (Å²) in [6.45, 7) is 0. The number of nitrogens with two attached hydrogens (primary N) is 1. The van der Waals surface area contributed by atoms with Gasteiger partial charge in [-0.2, -0.15) is 0 Å². The van der Waals surface area contributed by atoms with E-state index in [-0.39, 0.29) is 6.04 Å². The minimum atomic E-state index is -0.188. The van der Waals surface area contributed by atoms with Gasteiger partial charge in [0.15, 0.2) is 0 Å². The summed E-state index contributed by atoms with van der Waals surface area (Å²) in [5.41, 5.74) is 4.76. The molecule has 0 aliphatic rings. The predicted octanol–water partition coefficient (Wildman–Crippen LogP) is 2.26.